The zero-order chi connectivity index (χ0) is 15.6. The van der Waals surface area contributed by atoms with Gasteiger partial charge in [0.1, 0.15) is 17.9 Å². The van der Waals surface area contributed by atoms with Gasteiger partial charge in [0.25, 0.3) is 5.92 Å². The van der Waals surface area contributed by atoms with Crippen LogP contribution in [0.4, 0.5) is 8.78 Å². The SMILES string of the molecule is CCCc1nc2c(C(=O)O)cccc2n1CC(F)(F)CO. The molecule has 1 heterocycles. The summed E-state index contributed by atoms with van der Waals surface area (Å²) >= 11 is 0. The van der Waals surface area contributed by atoms with Gasteiger partial charge in [0.05, 0.1) is 17.6 Å². The van der Waals surface area contributed by atoms with E-state index in [4.69, 9.17) is 10.2 Å². The van der Waals surface area contributed by atoms with Gasteiger partial charge in [-0.1, -0.05) is 13.0 Å². The summed E-state index contributed by atoms with van der Waals surface area (Å²) in [5, 5.41) is 17.9. The maximum Gasteiger partial charge on any atom is 0.337 e. The number of hydrogen-bond donors (Lipinski definition) is 2. The minimum atomic E-state index is -3.28. The summed E-state index contributed by atoms with van der Waals surface area (Å²) in [7, 11) is 0. The van der Waals surface area contributed by atoms with E-state index in [0.717, 1.165) is 0 Å². The number of fused-ring (bicyclic) bond motifs is 1. The highest BCUT2D eigenvalue weighted by molar-refractivity contribution is 6.01. The fourth-order valence-corrected chi connectivity index (χ4v) is 2.24. The van der Waals surface area contributed by atoms with Gasteiger partial charge in [-0.05, 0) is 18.6 Å². The van der Waals surface area contributed by atoms with E-state index in [9.17, 15) is 13.6 Å². The van der Waals surface area contributed by atoms with Crippen LogP contribution in [0.1, 0.15) is 29.5 Å². The Balaban J connectivity index is 2.63. The summed E-state index contributed by atoms with van der Waals surface area (Å²) in [5.74, 6) is -4.04. The van der Waals surface area contributed by atoms with Crippen molar-refractivity contribution in [2.24, 2.45) is 0 Å². The van der Waals surface area contributed by atoms with Gasteiger partial charge in [-0.3, -0.25) is 0 Å². The molecular weight excluding hydrogens is 282 g/mol. The normalized spacial score (nSPS) is 12.0. The quantitative estimate of drug-likeness (QED) is 0.858. The first-order valence-corrected chi connectivity index (χ1v) is 6.59. The standard InChI is InChI=1S/C14H16F2N2O3/c1-2-4-11-17-12-9(13(20)21)5-3-6-10(12)18(11)7-14(15,16)8-19/h3,5-6,19H,2,4,7-8H2,1H3,(H,20,21). The number of benzene rings is 1. The number of aromatic nitrogens is 2. The molecule has 0 radical (unpaired) electrons. The second-order valence-electron chi connectivity index (χ2n) is 4.86. The maximum absolute atomic E-state index is 13.5. The van der Waals surface area contributed by atoms with Crippen molar-refractivity contribution in [1.82, 2.24) is 9.55 Å². The molecule has 0 aliphatic carbocycles. The highest BCUT2D eigenvalue weighted by Crippen LogP contribution is 2.25. The number of hydrogen-bond acceptors (Lipinski definition) is 3. The molecule has 0 saturated carbocycles. The van der Waals surface area contributed by atoms with E-state index in [1.165, 1.54) is 16.7 Å². The second-order valence-corrected chi connectivity index (χ2v) is 4.86. The zero-order valence-electron chi connectivity index (χ0n) is 11.5. The van der Waals surface area contributed by atoms with Crippen molar-refractivity contribution in [2.45, 2.75) is 32.2 Å². The summed E-state index contributed by atoms with van der Waals surface area (Å²) in [6.45, 7) is -0.110. The van der Waals surface area contributed by atoms with Crippen molar-refractivity contribution in [1.29, 1.82) is 0 Å². The van der Waals surface area contributed by atoms with Crippen molar-refractivity contribution >= 4 is 17.0 Å². The molecule has 1 aromatic carbocycles. The number of aliphatic hydroxyl groups excluding tert-OH is 1. The highest BCUT2D eigenvalue weighted by Gasteiger charge is 2.30. The molecule has 114 valence electrons. The van der Waals surface area contributed by atoms with Crippen molar-refractivity contribution in [3.05, 3.63) is 29.6 Å². The third-order valence-corrected chi connectivity index (χ3v) is 3.18. The van der Waals surface area contributed by atoms with Crippen molar-refractivity contribution in [3.63, 3.8) is 0 Å². The van der Waals surface area contributed by atoms with Crippen molar-refractivity contribution in [2.75, 3.05) is 6.61 Å². The lowest BCUT2D eigenvalue weighted by atomic mass is 10.2. The number of rotatable bonds is 6. The van der Waals surface area contributed by atoms with Gasteiger partial charge < -0.3 is 14.8 Å². The van der Waals surface area contributed by atoms with Crippen LogP contribution in [-0.2, 0) is 13.0 Å². The molecule has 0 atom stereocenters. The largest absolute Gasteiger partial charge is 0.478 e. The van der Waals surface area contributed by atoms with Crippen LogP contribution >= 0.6 is 0 Å². The summed E-state index contributed by atoms with van der Waals surface area (Å²) < 4.78 is 28.3. The number of imidazole rings is 1. The Kier molecular flexibility index (Phi) is 4.22. The number of aliphatic hydroxyl groups is 1. The Morgan fingerprint density at radius 2 is 2.14 bits per heavy atom. The van der Waals surface area contributed by atoms with Gasteiger partial charge in [-0.15, -0.1) is 0 Å². The lowest BCUT2D eigenvalue weighted by Crippen LogP contribution is -2.28. The third kappa shape index (κ3) is 3.02. The van der Waals surface area contributed by atoms with Crippen molar-refractivity contribution < 1.29 is 23.8 Å². The fourth-order valence-electron chi connectivity index (χ4n) is 2.24. The molecule has 7 heteroatoms. The average Bonchev–Trinajstić information content (AvgIpc) is 2.76. The lowest BCUT2D eigenvalue weighted by molar-refractivity contribution is -0.0626. The molecule has 21 heavy (non-hydrogen) atoms. The summed E-state index contributed by atoms with van der Waals surface area (Å²) in [6.07, 6.45) is 1.14. The highest BCUT2D eigenvalue weighted by atomic mass is 19.3. The molecule has 5 nitrogen and oxygen atoms in total. The molecule has 0 amide bonds. The van der Waals surface area contributed by atoms with E-state index in [1.54, 1.807) is 6.07 Å². The predicted octanol–water partition coefficient (Wildman–Crippen LogP) is 2.31. The predicted molar refractivity (Wildman–Crippen MR) is 72.7 cm³/mol. The number of nitrogens with zero attached hydrogens (tertiary/aromatic N) is 2. The van der Waals surface area contributed by atoms with Crippen LogP contribution in [0.25, 0.3) is 11.0 Å². The van der Waals surface area contributed by atoms with Gasteiger partial charge in [0.15, 0.2) is 0 Å². The molecule has 0 spiro atoms. The molecular formula is C14H16F2N2O3. The van der Waals surface area contributed by atoms with E-state index < -0.39 is 25.0 Å². The molecule has 2 rings (SSSR count). The molecule has 0 aliphatic heterocycles. The number of carboxylic acid groups (broad SMARTS) is 1. The summed E-state index contributed by atoms with van der Waals surface area (Å²) in [6, 6.07) is 4.44. The van der Waals surface area contributed by atoms with E-state index in [1.807, 2.05) is 6.92 Å². The molecule has 0 aliphatic rings. The van der Waals surface area contributed by atoms with E-state index >= 15 is 0 Å². The van der Waals surface area contributed by atoms with E-state index in [0.29, 0.717) is 24.2 Å². The van der Waals surface area contributed by atoms with Gasteiger partial charge in [-0.25, -0.2) is 18.6 Å². The minimum Gasteiger partial charge on any atom is -0.478 e. The Hall–Kier alpha value is -2.02. The van der Waals surface area contributed by atoms with E-state index in [-0.39, 0.29) is 11.1 Å². The Morgan fingerprint density at radius 3 is 2.71 bits per heavy atom. The van der Waals surface area contributed by atoms with Crippen molar-refractivity contribution in [3.8, 4) is 0 Å². The van der Waals surface area contributed by atoms with Gasteiger partial charge in [0.2, 0.25) is 0 Å². The van der Waals surface area contributed by atoms with Crippen LogP contribution in [0.5, 0.6) is 0 Å². The maximum atomic E-state index is 13.5. The fraction of sp³-hybridized carbons (Fsp3) is 0.429. The lowest BCUT2D eigenvalue weighted by Gasteiger charge is -2.16. The number of alkyl halides is 2. The first kappa shape index (κ1) is 15.4. The first-order valence-electron chi connectivity index (χ1n) is 6.59. The smallest absolute Gasteiger partial charge is 0.337 e. The van der Waals surface area contributed by atoms with Crippen LogP contribution in [0, 0.1) is 0 Å². The second kappa shape index (κ2) is 5.77. The molecule has 2 aromatic rings. The topological polar surface area (TPSA) is 75.3 Å². The number of para-hydroxylation sites is 1. The van der Waals surface area contributed by atoms with Gasteiger partial charge in [-0.2, -0.15) is 0 Å². The monoisotopic (exact) mass is 298 g/mol. The van der Waals surface area contributed by atoms with Crippen LogP contribution < -0.4 is 0 Å². The van der Waals surface area contributed by atoms with Crippen LogP contribution in [0.3, 0.4) is 0 Å². The summed E-state index contributed by atoms with van der Waals surface area (Å²) in [4.78, 5) is 15.4. The minimum absolute atomic E-state index is 0.0177. The Morgan fingerprint density at radius 1 is 1.43 bits per heavy atom. The van der Waals surface area contributed by atoms with Gasteiger partial charge >= 0.3 is 5.97 Å². The van der Waals surface area contributed by atoms with Crippen LogP contribution in [-0.4, -0.2) is 38.3 Å². The molecule has 1 aromatic heterocycles. The number of carboxylic acids is 1. The Bertz CT molecular complexity index is 668. The molecule has 0 fully saturated rings. The number of halogens is 2. The average molecular weight is 298 g/mol. The van der Waals surface area contributed by atoms with E-state index in [2.05, 4.69) is 4.98 Å². The van der Waals surface area contributed by atoms with Gasteiger partial charge in [0, 0.05) is 6.42 Å². The molecule has 0 unspecified atom stereocenters. The summed E-state index contributed by atoms with van der Waals surface area (Å²) in [5.41, 5.74) is 0.518. The molecule has 2 N–H and O–H groups in total. The number of aryl methyl sites for hydroxylation is 1. The first-order chi connectivity index (χ1) is 9.89. The third-order valence-electron chi connectivity index (χ3n) is 3.18. The Labute approximate surface area is 119 Å². The van der Waals surface area contributed by atoms with Crippen LogP contribution in [0.2, 0.25) is 0 Å². The number of carbonyl (C=O) groups is 1. The number of aromatic carboxylic acids is 1. The van der Waals surface area contributed by atoms with Crippen LogP contribution in [0.15, 0.2) is 18.2 Å². The molecule has 0 saturated heterocycles. The zero-order valence-corrected chi connectivity index (χ0v) is 11.5. The molecule has 0 bridgehead atoms.